The van der Waals surface area contributed by atoms with Crippen LogP contribution in [0, 0.1) is 11.8 Å². The van der Waals surface area contributed by atoms with Crippen molar-refractivity contribution in [1.29, 1.82) is 0 Å². The van der Waals surface area contributed by atoms with Gasteiger partial charge < -0.3 is 19.8 Å². The molecule has 0 amide bonds. The van der Waals surface area contributed by atoms with Crippen LogP contribution in [0.4, 0.5) is 0 Å². The Balaban J connectivity index is 1.34. The molecule has 3 aromatic rings. The highest BCUT2D eigenvalue weighted by Crippen LogP contribution is 2.34. The number of carboxylic acid groups (broad SMARTS) is 1. The van der Waals surface area contributed by atoms with E-state index in [9.17, 15) is 15.0 Å². The first kappa shape index (κ1) is 23.9. The van der Waals surface area contributed by atoms with Crippen LogP contribution in [0.15, 0.2) is 46.4 Å². The lowest BCUT2D eigenvalue weighted by Crippen LogP contribution is -2.44. The second kappa shape index (κ2) is 11.3. The van der Waals surface area contributed by atoms with E-state index in [0.29, 0.717) is 19.4 Å². The van der Waals surface area contributed by atoms with Gasteiger partial charge in [0, 0.05) is 42.0 Å². The highest BCUT2D eigenvalue weighted by Gasteiger charge is 2.34. The lowest BCUT2D eigenvalue weighted by molar-refractivity contribution is -0.146. The standard InChI is InChI=1S/C24H29N3O4S2/c1-31-17-3-4-21-19(14-17)18(6-8-25-21)22(28)5-2-16-7-10-27(15-20(16)23(29)30)11-13-33-24-26-9-12-32-24/h3-4,6,8-9,12,14,16,20,22,28H,2,5,7,10-11,13,15H2,1H3,(H,29,30)/t16-,20+,22?/m1/s1. The third kappa shape index (κ3) is 6.03. The number of benzene rings is 1. The van der Waals surface area contributed by atoms with Crippen LogP contribution in [0.5, 0.6) is 5.75 Å². The van der Waals surface area contributed by atoms with Gasteiger partial charge in [-0.3, -0.25) is 9.78 Å². The molecular weight excluding hydrogens is 458 g/mol. The number of carboxylic acids is 1. The number of aliphatic carboxylic acids is 1. The summed E-state index contributed by atoms with van der Waals surface area (Å²) in [5.74, 6) is 0.524. The zero-order chi connectivity index (χ0) is 23.2. The summed E-state index contributed by atoms with van der Waals surface area (Å²) in [7, 11) is 1.61. The van der Waals surface area contributed by atoms with E-state index in [4.69, 9.17) is 4.74 Å². The molecular formula is C24H29N3O4S2. The van der Waals surface area contributed by atoms with Gasteiger partial charge in [0.15, 0.2) is 0 Å². The predicted octanol–water partition coefficient (Wildman–Crippen LogP) is 4.33. The van der Waals surface area contributed by atoms with Crippen molar-refractivity contribution in [3.8, 4) is 5.75 Å². The highest BCUT2D eigenvalue weighted by molar-refractivity contribution is 8.01. The topological polar surface area (TPSA) is 95.8 Å². The zero-order valence-electron chi connectivity index (χ0n) is 18.6. The molecule has 9 heteroatoms. The SMILES string of the molecule is COc1ccc2nccc(C(O)CC[C@@H]3CCN(CCSc4nccs4)C[C@@H]3C(=O)O)c2c1. The van der Waals surface area contributed by atoms with Gasteiger partial charge in [0.2, 0.25) is 0 Å². The summed E-state index contributed by atoms with van der Waals surface area (Å²) < 4.78 is 6.38. The smallest absolute Gasteiger partial charge is 0.308 e. The Morgan fingerprint density at radius 2 is 2.21 bits per heavy atom. The van der Waals surface area contributed by atoms with Gasteiger partial charge in [-0.15, -0.1) is 11.3 Å². The molecule has 1 aromatic carbocycles. The monoisotopic (exact) mass is 487 g/mol. The molecule has 176 valence electrons. The second-order valence-corrected chi connectivity index (χ2v) is 10.6. The number of ether oxygens (including phenoxy) is 1. The van der Waals surface area contributed by atoms with Crippen molar-refractivity contribution in [3.63, 3.8) is 0 Å². The van der Waals surface area contributed by atoms with Gasteiger partial charge in [-0.1, -0.05) is 11.8 Å². The number of hydrogen-bond donors (Lipinski definition) is 2. The minimum Gasteiger partial charge on any atom is -0.497 e. The number of aliphatic hydroxyl groups excluding tert-OH is 1. The van der Waals surface area contributed by atoms with Crippen molar-refractivity contribution in [2.45, 2.75) is 29.7 Å². The van der Waals surface area contributed by atoms with Gasteiger partial charge in [-0.05, 0) is 61.6 Å². The third-order valence-corrected chi connectivity index (χ3v) is 8.30. The maximum absolute atomic E-state index is 12.0. The molecule has 1 saturated heterocycles. The Morgan fingerprint density at radius 3 is 2.97 bits per heavy atom. The quantitative estimate of drug-likeness (QED) is 0.408. The molecule has 2 N–H and O–H groups in total. The van der Waals surface area contributed by atoms with Crippen LogP contribution in [0.2, 0.25) is 0 Å². The van der Waals surface area contributed by atoms with Gasteiger partial charge in [0.1, 0.15) is 10.1 Å². The van der Waals surface area contributed by atoms with Crippen molar-refractivity contribution in [3.05, 3.63) is 47.6 Å². The zero-order valence-corrected chi connectivity index (χ0v) is 20.2. The number of thiazole rings is 1. The molecule has 1 aliphatic rings. The summed E-state index contributed by atoms with van der Waals surface area (Å²) in [5, 5.41) is 23.7. The molecule has 0 aliphatic carbocycles. The Morgan fingerprint density at radius 1 is 1.33 bits per heavy atom. The molecule has 1 fully saturated rings. The molecule has 0 spiro atoms. The summed E-state index contributed by atoms with van der Waals surface area (Å²) in [6, 6.07) is 7.46. The number of carbonyl (C=O) groups is 1. The molecule has 0 bridgehead atoms. The van der Waals surface area contributed by atoms with Crippen molar-refractivity contribution >= 4 is 40.0 Å². The van der Waals surface area contributed by atoms with Crippen molar-refractivity contribution in [2.75, 3.05) is 32.5 Å². The van der Waals surface area contributed by atoms with Crippen LogP contribution in [0.25, 0.3) is 10.9 Å². The van der Waals surface area contributed by atoms with Crippen LogP contribution in [-0.2, 0) is 4.79 Å². The highest BCUT2D eigenvalue weighted by atomic mass is 32.2. The lowest BCUT2D eigenvalue weighted by Gasteiger charge is -2.36. The predicted molar refractivity (Wildman–Crippen MR) is 131 cm³/mol. The van der Waals surface area contributed by atoms with Crippen LogP contribution in [-0.4, -0.2) is 63.5 Å². The first-order valence-corrected chi connectivity index (χ1v) is 13.0. The minimum atomic E-state index is -0.745. The number of rotatable bonds is 10. The maximum Gasteiger partial charge on any atom is 0.308 e. The normalized spacial score (nSPS) is 20.1. The number of thioether (sulfide) groups is 1. The summed E-state index contributed by atoms with van der Waals surface area (Å²) in [4.78, 5) is 22.9. The van der Waals surface area contributed by atoms with Gasteiger partial charge in [-0.25, -0.2) is 4.98 Å². The number of likely N-dealkylation sites (tertiary alicyclic amines) is 1. The van der Waals surface area contributed by atoms with Gasteiger partial charge >= 0.3 is 5.97 Å². The van der Waals surface area contributed by atoms with Crippen LogP contribution < -0.4 is 4.74 Å². The number of aliphatic hydroxyl groups is 1. The van der Waals surface area contributed by atoms with E-state index >= 15 is 0 Å². The second-order valence-electron chi connectivity index (χ2n) is 8.32. The molecule has 7 nitrogen and oxygen atoms in total. The van der Waals surface area contributed by atoms with E-state index in [1.165, 1.54) is 0 Å². The number of pyridine rings is 1. The molecule has 1 unspecified atom stereocenters. The fraction of sp³-hybridized carbons (Fsp3) is 0.458. The number of aromatic nitrogens is 2. The first-order valence-electron chi connectivity index (χ1n) is 11.1. The Hall–Kier alpha value is -2.20. The van der Waals surface area contributed by atoms with Gasteiger partial charge in [-0.2, -0.15) is 0 Å². The number of nitrogens with zero attached hydrogens (tertiary/aromatic N) is 3. The van der Waals surface area contributed by atoms with Crippen molar-refractivity contribution < 1.29 is 19.7 Å². The van der Waals surface area contributed by atoms with Crippen LogP contribution in [0.3, 0.4) is 0 Å². The molecule has 3 atom stereocenters. The minimum absolute atomic E-state index is 0.0580. The molecule has 3 heterocycles. The maximum atomic E-state index is 12.0. The van der Waals surface area contributed by atoms with E-state index in [2.05, 4.69) is 14.9 Å². The summed E-state index contributed by atoms with van der Waals surface area (Å²) in [6.45, 7) is 2.30. The first-order chi connectivity index (χ1) is 16.0. The van der Waals surface area contributed by atoms with E-state index in [-0.39, 0.29) is 5.92 Å². The van der Waals surface area contributed by atoms with Gasteiger partial charge in [0.05, 0.1) is 24.6 Å². The number of piperidine rings is 1. The van der Waals surface area contributed by atoms with E-state index in [1.807, 2.05) is 29.6 Å². The van der Waals surface area contributed by atoms with E-state index in [1.54, 1.807) is 42.6 Å². The fourth-order valence-corrected chi connectivity index (χ4v) is 6.24. The molecule has 0 radical (unpaired) electrons. The molecule has 4 rings (SSSR count). The molecule has 2 aromatic heterocycles. The average Bonchev–Trinajstić information content (AvgIpc) is 3.35. The van der Waals surface area contributed by atoms with Crippen LogP contribution in [0.1, 0.15) is 30.9 Å². The largest absolute Gasteiger partial charge is 0.497 e. The lowest BCUT2D eigenvalue weighted by atomic mass is 9.81. The average molecular weight is 488 g/mol. The Kier molecular flexibility index (Phi) is 8.19. The Labute approximate surface area is 201 Å². The third-order valence-electron chi connectivity index (χ3n) is 6.35. The summed E-state index contributed by atoms with van der Waals surface area (Å²) in [6.07, 6.45) is 4.85. The van der Waals surface area contributed by atoms with Gasteiger partial charge in [0.25, 0.3) is 0 Å². The Bertz CT molecular complexity index is 1060. The molecule has 1 aliphatic heterocycles. The van der Waals surface area contributed by atoms with Crippen molar-refractivity contribution in [1.82, 2.24) is 14.9 Å². The van der Waals surface area contributed by atoms with E-state index in [0.717, 1.165) is 51.8 Å². The number of fused-ring (bicyclic) bond motifs is 1. The summed E-state index contributed by atoms with van der Waals surface area (Å²) in [5.41, 5.74) is 1.61. The fourth-order valence-electron chi connectivity index (χ4n) is 4.53. The summed E-state index contributed by atoms with van der Waals surface area (Å²) >= 11 is 3.35. The van der Waals surface area contributed by atoms with Crippen LogP contribution >= 0.6 is 23.1 Å². The van der Waals surface area contributed by atoms with E-state index < -0.39 is 18.0 Å². The number of hydrogen-bond acceptors (Lipinski definition) is 8. The number of methoxy groups -OCH3 is 1. The molecule has 33 heavy (non-hydrogen) atoms. The molecule has 0 saturated carbocycles. The van der Waals surface area contributed by atoms with Crippen molar-refractivity contribution in [2.24, 2.45) is 11.8 Å².